The summed E-state index contributed by atoms with van der Waals surface area (Å²) in [7, 11) is -0.366. The zero-order valence-corrected chi connectivity index (χ0v) is 25.0. The molecule has 2 aromatic rings. The van der Waals surface area contributed by atoms with Gasteiger partial charge in [0, 0.05) is 0 Å². The van der Waals surface area contributed by atoms with E-state index in [1.165, 1.54) is 27.8 Å². The van der Waals surface area contributed by atoms with Gasteiger partial charge in [0.05, 0.1) is 0 Å². The van der Waals surface area contributed by atoms with Crippen LogP contribution in [0.15, 0.2) is 36.4 Å². The van der Waals surface area contributed by atoms with Crippen LogP contribution in [0.25, 0.3) is 11.1 Å². The van der Waals surface area contributed by atoms with Gasteiger partial charge in [-0.3, -0.25) is 0 Å². The first-order valence-electron chi connectivity index (χ1n) is 11.7. The van der Waals surface area contributed by atoms with Crippen LogP contribution in [-0.4, -0.2) is 10.3 Å². The predicted octanol–water partition coefficient (Wildman–Crippen LogP) is 9.43. The maximum atomic E-state index is 2.49. The summed E-state index contributed by atoms with van der Waals surface area (Å²) in [6, 6.07) is 14.3. The molecule has 0 aliphatic rings. The molecule has 0 amide bonds. The fourth-order valence-electron chi connectivity index (χ4n) is 4.88. The van der Waals surface area contributed by atoms with E-state index in [2.05, 4.69) is 119 Å². The van der Waals surface area contributed by atoms with Crippen LogP contribution in [0.1, 0.15) is 118 Å². The van der Waals surface area contributed by atoms with Gasteiger partial charge < -0.3 is 0 Å². The van der Waals surface area contributed by atoms with Crippen molar-refractivity contribution >= 4 is 13.2 Å². The second-order valence-electron chi connectivity index (χ2n) is 11.7. The van der Waals surface area contributed by atoms with Gasteiger partial charge >= 0.3 is 22.4 Å². The van der Waals surface area contributed by atoms with E-state index in [-0.39, 0.29) is 40.6 Å². The molecule has 0 fully saturated rings. The Morgan fingerprint density at radius 3 is 1.42 bits per heavy atom. The Kier molecular flexibility index (Phi) is 9.88. The third-order valence-corrected chi connectivity index (χ3v) is 9.44. The van der Waals surface area contributed by atoms with Crippen molar-refractivity contribution in [3.8, 4) is 11.1 Å². The van der Waals surface area contributed by atoms with Crippen LogP contribution in [0.3, 0.4) is 0 Å². The minimum atomic E-state index is -0.366. The van der Waals surface area contributed by atoms with E-state index in [0.29, 0.717) is 17.8 Å². The van der Waals surface area contributed by atoms with Gasteiger partial charge in [0.1, 0.15) is 0 Å². The molecule has 0 aliphatic carbocycles. The van der Waals surface area contributed by atoms with Crippen LogP contribution in [0.4, 0.5) is 0 Å². The van der Waals surface area contributed by atoms with Crippen molar-refractivity contribution in [3.63, 3.8) is 0 Å². The van der Waals surface area contributed by atoms with Crippen LogP contribution in [0.5, 0.6) is 0 Å². The van der Waals surface area contributed by atoms with Gasteiger partial charge in [0.25, 0.3) is 0 Å². The first-order valence-corrected chi connectivity index (χ1v) is 13.1. The minimum absolute atomic E-state index is 0. The Labute approximate surface area is 210 Å². The Bertz CT molecular complexity index is 820. The van der Waals surface area contributed by atoms with Gasteiger partial charge in [0.15, 0.2) is 0 Å². The third-order valence-electron chi connectivity index (χ3n) is 5.89. The molecule has 0 radical (unpaired) electrons. The molecule has 0 saturated carbocycles. The molecule has 31 heavy (non-hydrogen) atoms. The summed E-state index contributed by atoms with van der Waals surface area (Å²) < 4.78 is 0. The van der Waals surface area contributed by atoms with Gasteiger partial charge in [-0.15, -0.1) is 0 Å². The first kappa shape index (κ1) is 28.6. The zero-order chi connectivity index (χ0) is 23.0. The third kappa shape index (κ3) is 6.57. The molecular formula is C29H45AuP+. The van der Waals surface area contributed by atoms with Gasteiger partial charge in [-0.05, 0) is 61.2 Å². The van der Waals surface area contributed by atoms with Crippen molar-refractivity contribution in [2.24, 2.45) is 0 Å². The Morgan fingerprint density at radius 2 is 1.06 bits per heavy atom. The fraction of sp³-hybridized carbons (Fsp3) is 0.586. The molecule has 0 nitrogen and oxygen atoms in total. The second kappa shape index (κ2) is 10.7. The molecule has 0 spiro atoms. The maximum Gasteiger partial charge on any atom is 1.00 e. The topological polar surface area (TPSA) is 0 Å². The largest absolute Gasteiger partial charge is 1.00 e. The molecule has 0 aliphatic heterocycles. The van der Waals surface area contributed by atoms with Gasteiger partial charge in [-0.1, -0.05) is 127 Å². The van der Waals surface area contributed by atoms with Crippen molar-refractivity contribution in [2.45, 2.75) is 111 Å². The first-order chi connectivity index (χ1) is 13.7. The summed E-state index contributed by atoms with van der Waals surface area (Å²) >= 11 is 0. The van der Waals surface area contributed by atoms with E-state index < -0.39 is 0 Å². The summed E-state index contributed by atoms with van der Waals surface area (Å²) in [6.45, 7) is 28.6. The molecule has 0 saturated heterocycles. The Hall–Kier alpha value is -0.390. The van der Waals surface area contributed by atoms with Crippen molar-refractivity contribution in [1.82, 2.24) is 0 Å². The van der Waals surface area contributed by atoms with Crippen molar-refractivity contribution in [1.29, 1.82) is 0 Å². The quantitative estimate of drug-likeness (QED) is 0.231. The van der Waals surface area contributed by atoms with Gasteiger partial charge in [-0.2, -0.15) is 0 Å². The normalized spacial score (nSPS) is 12.8. The van der Waals surface area contributed by atoms with E-state index in [1.54, 1.807) is 5.30 Å². The molecule has 2 aromatic carbocycles. The smallest absolute Gasteiger partial charge is 0.0636 e. The summed E-state index contributed by atoms with van der Waals surface area (Å²) in [4.78, 5) is 0. The van der Waals surface area contributed by atoms with E-state index in [9.17, 15) is 0 Å². The fourth-order valence-corrected chi connectivity index (χ4v) is 9.00. The van der Waals surface area contributed by atoms with Crippen LogP contribution in [-0.2, 0) is 22.4 Å². The predicted molar refractivity (Wildman–Crippen MR) is 140 cm³/mol. The molecule has 176 valence electrons. The zero-order valence-electron chi connectivity index (χ0n) is 21.9. The van der Waals surface area contributed by atoms with Crippen molar-refractivity contribution in [2.75, 3.05) is 0 Å². The van der Waals surface area contributed by atoms with E-state index in [1.807, 2.05) is 0 Å². The molecule has 2 rings (SSSR count). The monoisotopic (exact) mass is 621 g/mol. The Morgan fingerprint density at radius 1 is 0.645 bits per heavy atom. The van der Waals surface area contributed by atoms with Crippen LogP contribution in [0.2, 0.25) is 0 Å². The summed E-state index contributed by atoms with van der Waals surface area (Å²) in [5, 5.41) is 2.06. The molecule has 0 N–H and O–H groups in total. The Balaban J connectivity index is 0.00000480. The molecule has 0 heterocycles. The average molecular weight is 622 g/mol. The van der Waals surface area contributed by atoms with E-state index >= 15 is 0 Å². The summed E-state index contributed by atoms with van der Waals surface area (Å²) in [5.74, 6) is 1.55. The van der Waals surface area contributed by atoms with Crippen LogP contribution in [0, 0.1) is 0 Å². The van der Waals surface area contributed by atoms with Crippen LogP contribution < -0.4 is 5.30 Å². The molecule has 0 unspecified atom stereocenters. The maximum absolute atomic E-state index is 2.49. The molecule has 0 bridgehead atoms. The molecule has 0 atom stereocenters. The minimum Gasteiger partial charge on any atom is -0.0636 e. The standard InChI is InChI=1S/C29H45P.Au/c1-19(2)22-17-24(20(3)4)27(25(18-22)21(5)6)23-15-13-14-16-26(23)30(28(7,8)9)29(10,11)12;/h13-21H,1-12H3;/q;+1. The number of rotatable bonds is 5. The average Bonchev–Trinajstić information content (AvgIpc) is 2.58. The SMILES string of the molecule is CC(C)c1cc(C(C)C)c(-c2ccccc2P(C(C)(C)C)C(C)(C)C)c(C(C)C)c1.[Au+]. The van der Waals surface area contributed by atoms with Gasteiger partial charge in [0.2, 0.25) is 0 Å². The number of hydrogen-bond acceptors (Lipinski definition) is 0. The molecular weight excluding hydrogens is 576 g/mol. The number of benzene rings is 2. The van der Waals surface area contributed by atoms with Gasteiger partial charge in [-0.25, -0.2) is 0 Å². The summed E-state index contributed by atoms with van der Waals surface area (Å²) in [6.07, 6.45) is 0. The van der Waals surface area contributed by atoms with Crippen LogP contribution >= 0.6 is 7.92 Å². The summed E-state index contributed by atoms with van der Waals surface area (Å²) in [5.41, 5.74) is 7.46. The molecule has 2 heteroatoms. The molecule has 0 aromatic heterocycles. The van der Waals surface area contributed by atoms with E-state index in [4.69, 9.17) is 0 Å². The van der Waals surface area contributed by atoms with Crippen molar-refractivity contribution in [3.05, 3.63) is 53.1 Å². The second-order valence-corrected chi connectivity index (χ2v) is 15.6. The van der Waals surface area contributed by atoms with E-state index in [0.717, 1.165) is 0 Å². The number of hydrogen-bond donors (Lipinski definition) is 0. The van der Waals surface area contributed by atoms with Crippen molar-refractivity contribution < 1.29 is 22.4 Å².